The van der Waals surface area contributed by atoms with E-state index in [4.69, 9.17) is 16.9 Å². The van der Waals surface area contributed by atoms with E-state index in [1.807, 2.05) is 4.90 Å². The molecule has 1 aliphatic heterocycles. The summed E-state index contributed by atoms with van der Waals surface area (Å²) < 4.78 is 5.30. The van der Waals surface area contributed by atoms with Crippen LogP contribution in [0.5, 0.6) is 0 Å². The van der Waals surface area contributed by atoms with Crippen LogP contribution >= 0.6 is 11.8 Å². The number of methoxy groups -OCH3 is 1. The molecule has 0 saturated heterocycles. The molecule has 0 aromatic heterocycles. The molecule has 1 heterocycles. The first kappa shape index (κ1) is 22.3. The first-order valence-corrected chi connectivity index (χ1v) is 9.20. The Morgan fingerprint density at radius 1 is 1.41 bits per heavy atom. The number of aryl methyl sites for hydroxylation is 1. The zero-order valence-electron chi connectivity index (χ0n) is 16.1. The van der Waals surface area contributed by atoms with E-state index in [-0.39, 0.29) is 0 Å². The van der Waals surface area contributed by atoms with Crippen LogP contribution in [0.2, 0.25) is 0 Å². The fourth-order valence-corrected chi connectivity index (χ4v) is 3.09. The SMILES string of the molecule is C#C/C=C\C=NC.C=C/C=N\C1=C(N)Sc2ccc(CC)cc2N1COC. The number of fused-ring (bicyclic) bond motifs is 1. The van der Waals surface area contributed by atoms with Crippen LogP contribution in [-0.2, 0) is 11.2 Å². The molecule has 0 unspecified atom stereocenters. The molecule has 27 heavy (non-hydrogen) atoms. The Morgan fingerprint density at radius 2 is 2.19 bits per heavy atom. The van der Waals surface area contributed by atoms with Gasteiger partial charge in [-0.1, -0.05) is 43.3 Å². The second-order valence-electron chi connectivity index (χ2n) is 5.24. The van der Waals surface area contributed by atoms with E-state index in [2.05, 4.69) is 47.6 Å². The summed E-state index contributed by atoms with van der Waals surface area (Å²) in [4.78, 5) is 11.1. The number of terminal acetylenes is 1. The number of nitrogens with zero attached hydrogens (tertiary/aromatic N) is 3. The number of hydrogen-bond acceptors (Lipinski definition) is 6. The van der Waals surface area contributed by atoms with Crippen LogP contribution < -0.4 is 10.6 Å². The molecule has 1 aliphatic rings. The maximum absolute atomic E-state index is 6.12. The minimum atomic E-state index is 0.408. The van der Waals surface area contributed by atoms with Crippen molar-refractivity contribution in [2.75, 3.05) is 25.8 Å². The third-order valence-electron chi connectivity index (χ3n) is 3.41. The summed E-state index contributed by atoms with van der Waals surface area (Å²) in [7, 11) is 3.36. The molecule has 2 rings (SSSR count). The summed E-state index contributed by atoms with van der Waals surface area (Å²) in [5.41, 5.74) is 8.48. The Morgan fingerprint density at radius 3 is 2.78 bits per heavy atom. The van der Waals surface area contributed by atoms with Crippen LogP contribution in [-0.4, -0.2) is 33.3 Å². The van der Waals surface area contributed by atoms with Crippen LogP contribution in [0, 0.1) is 12.3 Å². The summed E-state index contributed by atoms with van der Waals surface area (Å²) in [6, 6.07) is 6.39. The summed E-state index contributed by atoms with van der Waals surface area (Å²) in [6.45, 7) is 6.19. The molecule has 0 bridgehead atoms. The molecule has 0 saturated carbocycles. The summed E-state index contributed by atoms with van der Waals surface area (Å²) in [6.07, 6.45) is 14.1. The van der Waals surface area contributed by atoms with Crippen molar-refractivity contribution < 1.29 is 4.74 Å². The van der Waals surface area contributed by atoms with Gasteiger partial charge in [0.25, 0.3) is 0 Å². The van der Waals surface area contributed by atoms with Crippen LogP contribution in [0.1, 0.15) is 12.5 Å². The Kier molecular flexibility index (Phi) is 10.4. The monoisotopic (exact) mass is 382 g/mol. The molecule has 6 heteroatoms. The predicted molar refractivity (Wildman–Crippen MR) is 118 cm³/mol. The highest BCUT2D eigenvalue weighted by molar-refractivity contribution is 8.03. The van der Waals surface area contributed by atoms with Crippen molar-refractivity contribution in [3.8, 4) is 12.3 Å². The lowest BCUT2D eigenvalue weighted by Crippen LogP contribution is -2.29. The fraction of sp³-hybridized carbons (Fsp3) is 0.238. The molecule has 0 amide bonds. The smallest absolute Gasteiger partial charge is 0.165 e. The molecule has 2 N–H and O–H groups in total. The van der Waals surface area contributed by atoms with E-state index < -0.39 is 0 Å². The van der Waals surface area contributed by atoms with Gasteiger partial charge >= 0.3 is 0 Å². The summed E-state index contributed by atoms with van der Waals surface area (Å²) in [5.74, 6) is 3.04. The first-order valence-electron chi connectivity index (χ1n) is 8.38. The van der Waals surface area contributed by atoms with Crippen LogP contribution in [0.25, 0.3) is 0 Å². The standard InChI is InChI=1S/C15H19N3OS.C6H7N/c1-4-8-17-15-14(16)20-13-7-6-11(5-2)9-12(13)18(15)10-19-3;1-3-4-5-6-7-2/h4,6-9H,1,5,10,16H2,2-3H3;1,4-6H,2H3/b17-8-;5-4-,7-6?. The molecule has 0 atom stereocenters. The third kappa shape index (κ3) is 6.81. The molecule has 5 nitrogen and oxygen atoms in total. The van der Waals surface area contributed by atoms with Gasteiger partial charge in [0.2, 0.25) is 0 Å². The Balaban J connectivity index is 0.000000445. The van der Waals surface area contributed by atoms with E-state index in [9.17, 15) is 0 Å². The van der Waals surface area contributed by atoms with E-state index >= 15 is 0 Å². The maximum atomic E-state index is 6.12. The Hall–Kier alpha value is -2.75. The average Bonchev–Trinajstić information content (AvgIpc) is 2.68. The van der Waals surface area contributed by atoms with Gasteiger partial charge in [0.15, 0.2) is 5.82 Å². The van der Waals surface area contributed by atoms with E-state index in [0.717, 1.165) is 17.0 Å². The van der Waals surface area contributed by atoms with Gasteiger partial charge in [-0.15, -0.1) is 6.42 Å². The molecular formula is C21H26N4OS. The van der Waals surface area contributed by atoms with Gasteiger partial charge in [-0.05, 0) is 36.3 Å². The molecule has 1 aromatic rings. The summed E-state index contributed by atoms with van der Waals surface area (Å²) >= 11 is 1.53. The number of benzene rings is 1. The zero-order valence-corrected chi connectivity index (χ0v) is 16.9. The van der Waals surface area contributed by atoms with Gasteiger partial charge in [-0.3, -0.25) is 9.89 Å². The highest BCUT2D eigenvalue weighted by Gasteiger charge is 2.24. The van der Waals surface area contributed by atoms with Gasteiger partial charge < -0.3 is 10.5 Å². The van der Waals surface area contributed by atoms with Crippen LogP contribution in [0.4, 0.5) is 5.69 Å². The minimum Gasteiger partial charge on any atom is -0.390 e. The van der Waals surface area contributed by atoms with E-state index in [1.165, 1.54) is 17.3 Å². The lowest BCUT2D eigenvalue weighted by Gasteiger charge is -2.31. The summed E-state index contributed by atoms with van der Waals surface area (Å²) in [5, 5.41) is 0.664. The molecule has 0 radical (unpaired) electrons. The van der Waals surface area contributed by atoms with Crippen LogP contribution in [0.15, 0.2) is 68.7 Å². The number of thioether (sulfide) groups is 1. The van der Waals surface area contributed by atoms with Gasteiger partial charge in [0, 0.05) is 31.5 Å². The van der Waals surface area contributed by atoms with Gasteiger partial charge in [0.1, 0.15) is 11.8 Å². The number of nitrogens with two attached hydrogens (primary N) is 1. The highest BCUT2D eigenvalue weighted by Crippen LogP contribution is 2.42. The van der Waals surface area contributed by atoms with Crippen LogP contribution in [0.3, 0.4) is 0 Å². The largest absolute Gasteiger partial charge is 0.390 e. The molecular weight excluding hydrogens is 356 g/mol. The number of anilines is 1. The van der Waals surface area contributed by atoms with Crippen molar-refractivity contribution >= 4 is 29.9 Å². The molecule has 0 spiro atoms. The van der Waals surface area contributed by atoms with Crippen molar-refractivity contribution in [1.29, 1.82) is 0 Å². The Labute approximate surface area is 166 Å². The van der Waals surface area contributed by atoms with Crippen molar-refractivity contribution in [3.05, 3.63) is 59.4 Å². The lowest BCUT2D eigenvalue weighted by molar-refractivity contribution is 0.202. The number of rotatable bonds is 6. The molecule has 0 fully saturated rings. The quantitative estimate of drug-likeness (QED) is 0.597. The first-order chi connectivity index (χ1) is 13.1. The van der Waals surface area contributed by atoms with Gasteiger partial charge in [-0.2, -0.15) is 0 Å². The highest BCUT2D eigenvalue weighted by atomic mass is 32.2. The van der Waals surface area contributed by atoms with Crippen molar-refractivity contribution in [1.82, 2.24) is 0 Å². The fourth-order valence-electron chi connectivity index (χ4n) is 2.19. The van der Waals surface area contributed by atoms with Gasteiger partial charge in [-0.25, -0.2) is 4.99 Å². The number of ether oxygens (including phenoxy) is 1. The number of allylic oxidation sites excluding steroid dienone is 3. The van der Waals surface area contributed by atoms with Gasteiger partial charge in [0.05, 0.1) is 5.69 Å². The average molecular weight is 383 g/mol. The predicted octanol–water partition coefficient (Wildman–Crippen LogP) is 3.98. The molecule has 1 aromatic carbocycles. The number of hydrogen-bond donors (Lipinski definition) is 1. The molecule has 142 valence electrons. The second kappa shape index (κ2) is 12.6. The third-order valence-corrected chi connectivity index (χ3v) is 4.37. The minimum absolute atomic E-state index is 0.408. The molecule has 0 aliphatic carbocycles. The van der Waals surface area contributed by atoms with Crippen molar-refractivity contribution in [2.24, 2.45) is 15.7 Å². The Bertz CT molecular complexity index is 788. The second-order valence-corrected chi connectivity index (χ2v) is 6.32. The number of aliphatic imine (C=N–C) groups is 2. The lowest BCUT2D eigenvalue weighted by atomic mass is 10.1. The maximum Gasteiger partial charge on any atom is 0.165 e. The van der Waals surface area contributed by atoms with E-state index in [1.54, 1.807) is 44.8 Å². The van der Waals surface area contributed by atoms with Crippen molar-refractivity contribution in [2.45, 2.75) is 18.2 Å². The topological polar surface area (TPSA) is 63.2 Å². The van der Waals surface area contributed by atoms with Crippen molar-refractivity contribution in [3.63, 3.8) is 0 Å². The van der Waals surface area contributed by atoms with E-state index in [0.29, 0.717) is 17.6 Å². The normalized spacial score (nSPS) is 13.6. The zero-order chi connectivity index (χ0) is 20.1.